The van der Waals surface area contributed by atoms with Gasteiger partial charge in [-0.3, -0.25) is 9.69 Å². The molecular weight excluding hydrogens is 414 g/mol. The number of hydrogen-bond acceptors (Lipinski definition) is 7. The molecule has 7 nitrogen and oxygen atoms in total. The first-order valence-electron chi connectivity index (χ1n) is 10.4. The van der Waals surface area contributed by atoms with E-state index in [2.05, 4.69) is 18.7 Å². The highest BCUT2D eigenvalue weighted by Crippen LogP contribution is 2.38. The Labute approximate surface area is 187 Å². The van der Waals surface area contributed by atoms with Gasteiger partial charge in [0.05, 0.1) is 50.6 Å². The number of hydrazone groups is 1. The van der Waals surface area contributed by atoms with E-state index in [0.717, 1.165) is 22.7 Å². The van der Waals surface area contributed by atoms with Gasteiger partial charge in [-0.2, -0.15) is 5.10 Å². The van der Waals surface area contributed by atoms with Crippen molar-refractivity contribution in [1.29, 1.82) is 0 Å². The lowest BCUT2D eigenvalue weighted by atomic mass is 10.00. The predicted molar refractivity (Wildman–Crippen MR) is 121 cm³/mol. The summed E-state index contributed by atoms with van der Waals surface area (Å²) in [5.41, 5.74) is 1.72. The summed E-state index contributed by atoms with van der Waals surface area (Å²) in [5.74, 6) is 1.30. The SMILES string of the molecule is COc1ccc(C2CC(c3cccs3)=NN2C(=O)CN2CCOCC2(C)C)cc1OC. The molecule has 0 aliphatic carbocycles. The van der Waals surface area contributed by atoms with Gasteiger partial charge in [0.15, 0.2) is 11.5 Å². The third-order valence-electron chi connectivity index (χ3n) is 5.91. The van der Waals surface area contributed by atoms with Crippen LogP contribution in [0.3, 0.4) is 0 Å². The summed E-state index contributed by atoms with van der Waals surface area (Å²) in [4.78, 5) is 16.7. The average Bonchev–Trinajstić information content (AvgIpc) is 3.44. The van der Waals surface area contributed by atoms with Gasteiger partial charge in [0.2, 0.25) is 0 Å². The number of hydrogen-bond donors (Lipinski definition) is 0. The zero-order chi connectivity index (χ0) is 22.0. The summed E-state index contributed by atoms with van der Waals surface area (Å²) < 4.78 is 16.5. The van der Waals surface area contributed by atoms with Crippen LogP contribution in [0.15, 0.2) is 40.8 Å². The fraction of sp³-hybridized carbons (Fsp3) is 0.478. The van der Waals surface area contributed by atoms with Gasteiger partial charge in [-0.15, -0.1) is 11.3 Å². The minimum atomic E-state index is -0.188. The summed E-state index contributed by atoms with van der Waals surface area (Å²) in [6, 6.07) is 9.68. The quantitative estimate of drug-likeness (QED) is 0.683. The van der Waals surface area contributed by atoms with Crippen LogP contribution >= 0.6 is 11.3 Å². The molecule has 0 N–H and O–H groups in total. The predicted octanol–water partition coefficient (Wildman–Crippen LogP) is 3.55. The van der Waals surface area contributed by atoms with Crippen molar-refractivity contribution < 1.29 is 19.0 Å². The van der Waals surface area contributed by atoms with Gasteiger partial charge in [-0.1, -0.05) is 12.1 Å². The zero-order valence-corrected chi connectivity index (χ0v) is 19.3. The van der Waals surface area contributed by atoms with Crippen LogP contribution in [-0.2, 0) is 9.53 Å². The molecule has 4 rings (SSSR count). The van der Waals surface area contributed by atoms with E-state index >= 15 is 0 Å². The minimum Gasteiger partial charge on any atom is -0.493 e. The number of morpholine rings is 1. The molecule has 1 saturated heterocycles. The topological polar surface area (TPSA) is 63.6 Å². The molecule has 1 amide bonds. The number of nitrogens with zero attached hydrogens (tertiary/aromatic N) is 3. The number of methoxy groups -OCH3 is 2. The third kappa shape index (κ3) is 4.46. The molecule has 1 atom stereocenters. The van der Waals surface area contributed by atoms with E-state index < -0.39 is 0 Å². The standard InChI is InChI=1S/C23H29N3O4S/c1-23(2)15-30-10-9-25(23)14-22(27)26-18(13-17(24-26)21-6-5-11-31-21)16-7-8-19(28-3)20(12-16)29-4/h5-8,11-12,18H,9-10,13-15H2,1-4H3. The Kier molecular flexibility index (Phi) is 6.31. The molecule has 1 fully saturated rings. The summed E-state index contributed by atoms with van der Waals surface area (Å²) >= 11 is 1.64. The lowest BCUT2D eigenvalue weighted by molar-refractivity contribution is -0.139. The lowest BCUT2D eigenvalue weighted by Crippen LogP contribution is -2.55. The first-order valence-corrected chi connectivity index (χ1v) is 11.3. The highest BCUT2D eigenvalue weighted by Gasteiger charge is 2.37. The van der Waals surface area contributed by atoms with Crippen molar-refractivity contribution in [2.45, 2.75) is 31.8 Å². The summed E-state index contributed by atoms with van der Waals surface area (Å²) in [7, 11) is 3.23. The molecule has 2 aromatic rings. The number of amides is 1. The van der Waals surface area contributed by atoms with Crippen molar-refractivity contribution in [1.82, 2.24) is 9.91 Å². The average molecular weight is 444 g/mol. The van der Waals surface area contributed by atoms with Crippen LogP contribution < -0.4 is 9.47 Å². The maximum absolute atomic E-state index is 13.5. The molecule has 0 bridgehead atoms. The van der Waals surface area contributed by atoms with Gasteiger partial charge in [0.25, 0.3) is 5.91 Å². The van der Waals surface area contributed by atoms with Crippen LogP contribution in [-0.4, -0.2) is 67.6 Å². The highest BCUT2D eigenvalue weighted by atomic mass is 32.1. The first-order chi connectivity index (χ1) is 14.9. The molecule has 3 heterocycles. The lowest BCUT2D eigenvalue weighted by Gasteiger charge is -2.42. The Balaban J connectivity index is 1.63. The van der Waals surface area contributed by atoms with Gasteiger partial charge in [-0.25, -0.2) is 5.01 Å². The van der Waals surface area contributed by atoms with Gasteiger partial charge in [0.1, 0.15) is 0 Å². The molecule has 1 aromatic heterocycles. The molecule has 2 aliphatic rings. The van der Waals surface area contributed by atoms with Crippen molar-refractivity contribution in [2.75, 3.05) is 40.5 Å². The number of ether oxygens (including phenoxy) is 3. The normalized spacial score (nSPS) is 21.1. The van der Waals surface area contributed by atoms with Crippen molar-refractivity contribution >= 4 is 23.0 Å². The van der Waals surface area contributed by atoms with E-state index in [1.54, 1.807) is 30.6 Å². The third-order valence-corrected chi connectivity index (χ3v) is 6.83. The molecule has 1 unspecified atom stereocenters. The van der Waals surface area contributed by atoms with Crippen LogP contribution in [0.2, 0.25) is 0 Å². The molecule has 31 heavy (non-hydrogen) atoms. The number of carbonyl (C=O) groups excluding carboxylic acids is 1. The van der Waals surface area contributed by atoms with Crippen molar-refractivity contribution in [2.24, 2.45) is 5.10 Å². The second kappa shape index (κ2) is 8.98. The van der Waals surface area contributed by atoms with E-state index in [9.17, 15) is 4.79 Å². The molecule has 0 saturated carbocycles. The smallest absolute Gasteiger partial charge is 0.257 e. The number of thiophene rings is 1. The molecule has 0 spiro atoms. The summed E-state index contributed by atoms with van der Waals surface area (Å²) in [5, 5.41) is 8.47. The Morgan fingerprint density at radius 2 is 2.06 bits per heavy atom. The van der Waals surface area contributed by atoms with Crippen molar-refractivity contribution in [3.63, 3.8) is 0 Å². The first kappa shape index (κ1) is 21.8. The van der Waals surface area contributed by atoms with Crippen molar-refractivity contribution in [3.05, 3.63) is 46.2 Å². The Morgan fingerprint density at radius 3 is 2.74 bits per heavy atom. The largest absolute Gasteiger partial charge is 0.493 e. The zero-order valence-electron chi connectivity index (χ0n) is 18.5. The van der Waals surface area contributed by atoms with E-state index in [1.165, 1.54) is 0 Å². The maximum Gasteiger partial charge on any atom is 0.257 e. The molecule has 0 radical (unpaired) electrons. The number of benzene rings is 1. The van der Waals surface area contributed by atoms with Crippen LogP contribution in [0.25, 0.3) is 0 Å². The Bertz CT molecular complexity index is 958. The van der Waals surface area contributed by atoms with E-state index in [4.69, 9.17) is 19.3 Å². The molecule has 1 aromatic carbocycles. The molecular formula is C23H29N3O4S. The summed E-state index contributed by atoms with van der Waals surface area (Å²) in [6.07, 6.45) is 0.661. The fourth-order valence-corrected chi connectivity index (χ4v) is 4.79. The van der Waals surface area contributed by atoms with Gasteiger partial charge in [0, 0.05) is 18.5 Å². The Morgan fingerprint density at radius 1 is 1.26 bits per heavy atom. The fourth-order valence-electron chi connectivity index (χ4n) is 4.07. The summed E-state index contributed by atoms with van der Waals surface area (Å²) in [6.45, 7) is 6.50. The Hall–Kier alpha value is -2.42. The van der Waals surface area contributed by atoms with E-state index in [-0.39, 0.29) is 17.5 Å². The van der Waals surface area contributed by atoms with Gasteiger partial charge < -0.3 is 14.2 Å². The molecule has 2 aliphatic heterocycles. The van der Waals surface area contributed by atoms with Crippen LogP contribution in [0.4, 0.5) is 0 Å². The second-order valence-corrected chi connectivity index (χ2v) is 9.33. The maximum atomic E-state index is 13.5. The monoisotopic (exact) mass is 443 g/mol. The number of rotatable bonds is 6. The van der Waals surface area contributed by atoms with Crippen LogP contribution in [0.5, 0.6) is 11.5 Å². The van der Waals surface area contributed by atoms with Crippen LogP contribution in [0, 0.1) is 0 Å². The van der Waals surface area contributed by atoms with E-state index in [1.807, 2.05) is 35.7 Å². The second-order valence-electron chi connectivity index (χ2n) is 8.38. The van der Waals surface area contributed by atoms with Crippen LogP contribution in [0.1, 0.15) is 36.8 Å². The molecule has 166 valence electrons. The van der Waals surface area contributed by atoms with Gasteiger partial charge in [-0.05, 0) is 43.0 Å². The minimum absolute atomic E-state index is 0.0127. The molecule has 8 heteroatoms. The van der Waals surface area contributed by atoms with Crippen molar-refractivity contribution in [3.8, 4) is 11.5 Å². The highest BCUT2D eigenvalue weighted by molar-refractivity contribution is 7.12. The van der Waals surface area contributed by atoms with Gasteiger partial charge >= 0.3 is 0 Å². The number of carbonyl (C=O) groups is 1. The van der Waals surface area contributed by atoms with E-state index in [0.29, 0.717) is 37.7 Å².